The Hall–Kier alpha value is -1.75. The molecule has 0 aromatic carbocycles. The number of fused-ring (bicyclic) bond motifs is 1. The van der Waals surface area contributed by atoms with Crippen molar-refractivity contribution in [1.82, 2.24) is 15.0 Å². The number of nitrogens with zero attached hydrogens (tertiary/aromatic N) is 4. The van der Waals surface area contributed by atoms with Gasteiger partial charge in [0.1, 0.15) is 11.6 Å². The van der Waals surface area contributed by atoms with Crippen molar-refractivity contribution in [2.45, 2.75) is 45.1 Å². The Morgan fingerprint density at radius 1 is 1.26 bits per heavy atom. The Morgan fingerprint density at radius 2 is 2.13 bits per heavy atom. The first kappa shape index (κ1) is 14.8. The molecule has 4 rings (SSSR count). The number of anilines is 1. The fourth-order valence-electron chi connectivity index (χ4n) is 4.58. The Morgan fingerprint density at radius 3 is 3.00 bits per heavy atom. The van der Waals surface area contributed by atoms with Gasteiger partial charge in [-0.05, 0) is 44.7 Å². The number of pyridine rings is 1. The summed E-state index contributed by atoms with van der Waals surface area (Å²) < 4.78 is 5.83. The number of aryl methyl sites for hydroxylation is 1. The molecule has 2 aromatic heterocycles. The molecule has 5 nitrogen and oxygen atoms in total. The van der Waals surface area contributed by atoms with E-state index in [0.29, 0.717) is 11.5 Å². The average Bonchev–Trinajstić information content (AvgIpc) is 2.95. The van der Waals surface area contributed by atoms with Gasteiger partial charge >= 0.3 is 0 Å². The third kappa shape index (κ3) is 2.47. The van der Waals surface area contributed by atoms with Crippen LogP contribution in [-0.4, -0.2) is 41.3 Å². The van der Waals surface area contributed by atoms with Crippen molar-refractivity contribution in [3.63, 3.8) is 0 Å². The minimum Gasteiger partial charge on any atom is -0.381 e. The molecule has 0 bridgehead atoms. The second-order valence-corrected chi connectivity index (χ2v) is 6.97. The van der Waals surface area contributed by atoms with E-state index in [1.807, 2.05) is 20.1 Å². The van der Waals surface area contributed by atoms with Crippen LogP contribution in [-0.2, 0) is 4.74 Å². The molecule has 23 heavy (non-hydrogen) atoms. The molecule has 0 amide bonds. The molecular formula is C18H24N4O. The number of ether oxygens (including phenoxy) is 1. The third-order valence-electron chi connectivity index (χ3n) is 5.58. The highest BCUT2D eigenvalue weighted by atomic mass is 16.5. The zero-order valence-electron chi connectivity index (χ0n) is 14.0. The lowest BCUT2D eigenvalue weighted by molar-refractivity contribution is 0.00220. The van der Waals surface area contributed by atoms with E-state index in [1.54, 1.807) is 6.20 Å². The second-order valence-electron chi connectivity index (χ2n) is 6.97. The molecule has 1 saturated heterocycles. The van der Waals surface area contributed by atoms with Crippen LogP contribution in [0.3, 0.4) is 0 Å². The number of methoxy groups -OCH3 is 1. The number of rotatable bonds is 2. The Kier molecular flexibility index (Phi) is 3.68. The molecule has 1 aliphatic carbocycles. The van der Waals surface area contributed by atoms with Gasteiger partial charge in [-0.2, -0.15) is 0 Å². The summed E-state index contributed by atoms with van der Waals surface area (Å²) in [5, 5.41) is 1.06. The van der Waals surface area contributed by atoms with Crippen molar-refractivity contribution in [1.29, 1.82) is 0 Å². The molecule has 0 N–H and O–H groups in total. The van der Waals surface area contributed by atoms with Crippen molar-refractivity contribution in [2.75, 3.05) is 25.1 Å². The van der Waals surface area contributed by atoms with Gasteiger partial charge in [0.2, 0.25) is 0 Å². The van der Waals surface area contributed by atoms with Crippen LogP contribution in [0.2, 0.25) is 0 Å². The lowest BCUT2D eigenvalue weighted by Gasteiger charge is -2.44. The van der Waals surface area contributed by atoms with Crippen molar-refractivity contribution < 1.29 is 4.74 Å². The highest BCUT2D eigenvalue weighted by Gasteiger charge is 2.46. The summed E-state index contributed by atoms with van der Waals surface area (Å²) in [4.78, 5) is 16.1. The van der Waals surface area contributed by atoms with Gasteiger partial charge in [0.05, 0.1) is 11.5 Å². The van der Waals surface area contributed by atoms with E-state index in [4.69, 9.17) is 9.72 Å². The van der Waals surface area contributed by atoms with Crippen LogP contribution >= 0.6 is 0 Å². The summed E-state index contributed by atoms with van der Waals surface area (Å²) >= 11 is 0. The second kappa shape index (κ2) is 5.71. The summed E-state index contributed by atoms with van der Waals surface area (Å²) in [5.41, 5.74) is 1.09. The number of piperidine rings is 1. The topological polar surface area (TPSA) is 51.1 Å². The molecule has 2 fully saturated rings. The Labute approximate surface area is 137 Å². The molecule has 0 unspecified atom stereocenters. The van der Waals surface area contributed by atoms with Crippen molar-refractivity contribution in [2.24, 2.45) is 5.41 Å². The molecule has 2 aromatic rings. The van der Waals surface area contributed by atoms with Gasteiger partial charge in [-0.25, -0.2) is 15.0 Å². The summed E-state index contributed by atoms with van der Waals surface area (Å²) in [6, 6.07) is 4.05. The SMILES string of the molecule is CO[C@@H]1CCC[C@]12CCCN(c1nc(C)nc3ncccc13)C2. The summed E-state index contributed by atoms with van der Waals surface area (Å²) in [5.74, 6) is 1.84. The van der Waals surface area contributed by atoms with Crippen LogP contribution in [0.15, 0.2) is 18.3 Å². The van der Waals surface area contributed by atoms with Crippen LogP contribution in [0.5, 0.6) is 0 Å². The van der Waals surface area contributed by atoms with Gasteiger partial charge in [-0.3, -0.25) is 0 Å². The van der Waals surface area contributed by atoms with E-state index >= 15 is 0 Å². The smallest absolute Gasteiger partial charge is 0.164 e. The lowest BCUT2D eigenvalue weighted by Crippen LogP contribution is -2.48. The predicted octanol–water partition coefficient (Wildman–Crippen LogP) is 3.12. The van der Waals surface area contributed by atoms with Crippen LogP contribution in [0.25, 0.3) is 11.0 Å². The normalized spacial score (nSPS) is 27.9. The minimum absolute atomic E-state index is 0.292. The van der Waals surface area contributed by atoms with Crippen molar-refractivity contribution >= 4 is 16.9 Å². The third-order valence-corrected chi connectivity index (χ3v) is 5.58. The number of aromatic nitrogens is 3. The minimum atomic E-state index is 0.292. The zero-order chi connectivity index (χ0) is 15.9. The molecule has 3 heterocycles. The first-order valence-electron chi connectivity index (χ1n) is 8.59. The first-order chi connectivity index (χ1) is 11.2. The molecule has 1 spiro atoms. The van der Waals surface area contributed by atoms with E-state index < -0.39 is 0 Å². The maximum atomic E-state index is 5.83. The molecule has 2 atom stereocenters. The molecule has 1 aliphatic heterocycles. The molecule has 0 radical (unpaired) electrons. The fourth-order valence-corrected chi connectivity index (χ4v) is 4.58. The van der Waals surface area contributed by atoms with Crippen LogP contribution in [0, 0.1) is 12.3 Å². The maximum absolute atomic E-state index is 5.83. The summed E-state index contributed by atoms with van der Waals surface area (Å²) in [7, 11) is 1.87. The quantitative estimate of drug-likeness (QED) is 0.853. The number of hydrogen-bond donors (Lipinski definition) is 0. The molecule has 1 saturated carbocycles. The Balaban J connectivity index is 1.73. The number of hydrogen-bond acceptors (Lipinski definition) is 5. The van der Waals surface area contributed by atoms with Gasteiger partial charge in [-0.15, -0.1) is 0 Å². The van der Waals surface area contributed by atoms with Crippen molar-refractivity contribution in [3.8, 4) is 0 Å². The summed E-state index contributed by atoms with van der Waals surface area (Å²) in [6.45, 7) is 4.04. The lowest BCUT2D eigenvalue weighted by atomic mass is 9.76. The predicted molar refractivity (Wildman–Crippen MR) is 90.6 cm³/mol. The van der Waals surface area contributed by atoms with Gasteiger partial charge in [-0.1, -0.05) is 6.42 Å². The van der Waals surface area contributed by atoms with E-state index in [0.717, 1.165) is 35.8 Å². The monoisotopic (exact) mass is 312 g/mol. The van der Waals surface area contributed by atoms with Gasteiger partial charge < -0.3 is 9.64 Å². The molecule has 2 aliphatic rings. The Bertz CT molecular complexity index is 719. The standard InChI is InChI=1S/C18H24N4O/c1-13-20-16-14(6-4-10-19-16)17(21-13)22-11-5-9-18(12-22)8-3-7-15(18)23-2/h4,6,10,15H,3,5,7-9,11-12H2,1-2H3/t15-,18-/m1/s1. The highest BCUT2D eigenvalue weighted by molar-refractivity contribution is 5.86. The first-order valence-corrected chi connectivity index (χ1v) is 8.59. The fraction of sp³-hybridized carbons (Fsp3) is 0.611. The largest absolute Gasteiger partial charge is 0.381 e. The van der Waals surface area contributed by atoms with E-state index in [9.17, 15) is 0 Å². The molecule has 122 valence electrons. The highest BCUT2D eigenvalue weighted by Crippen LogP contribution is 2.47. The summed E-state index contributed by atoms with van der Waals surface area (Å²) in [6.07, 6.45) is 8.38. The van der Waals surface area contributed by atoms with Crippen LogP contribution in [0.1, 0.15) is 37.9 Å². The van der Waals surface area contributed by atoms with Gasteiger partial charge in [0.25, 0.3) is 0 Å². The maximum Gasteiger partial charge on any atom is 0.164 e. The van der Waals surface area contributed by atoms with E-state index in [2.05, 4.69) is 20.9 Å². The average molecular weight is 312 g/mol. The van der Waals surface area contributed by atoms with Gasteiger partial charge in [0.15, 0.2) is 5.65 Å². The van der Waals surface area contributed by atoms with E-state index in [1.165, 1.54) is 32.1 Å². The van der Waals surface area contributed by atoms with Crippen molar-refractivity contribution in [3.05, 3.63) is 24.2 Å². The van der Waals surface area contributed by atoms with Gasteiger partial charge in [0, 0.05) is 31.8 Å². The van der Waals surface area contributed by atoms with Crippen LogP contribution in [0.4, 0.5) is 5.82 Å². The van der Waals surface area contributed by atoms with E-state index in [-0.39, 0.29) is 0 Å². The molecular weight excluding hydrogens is 288 g/mol. The molecule has 5 heteroatoms. The van der Waals surface area contributed by atoms with Crippen LogP contribution < -0.4 is 4.90 Å². The zero-order valence-corrected chi connectivity index (χ0v) is 14.0.